The van der Waals surface area contributed by atoms with Crippen LogP contribution in [0.1, 0.15) is 91.9 Å². The van der Waals surface area contributed by atoms with Crippen molar-refractivity contribution in [2.75, 3.05) is 0 Å². The number of hydrogen-bond acceptors (Lipinski definition) is 3. The van der Waals surface area contributed by atoms with E-state index >= 15 is 0 Å². The minimum absolute atomic E-state index is 0.108. The summed E-state index contributed by atoms with van der Waals surface area (Å²) in [5, 5.41) is 19.5. The molecule has 4 rings (SSSR count). The maximum atomic E-state index is 13.9. The molecule has 4 aliphatic carbocycles. The second-order valence-electron chi connectivity index (χ2n) is 11.8. The molecule has 10 atom stereocenters. The van der Waals surface area contributed by atoms with E-state index in [1.807, 2.05) is 0 Å². The summed E-state index contributed by atoms with van der Waals surface area (Å²) < 4.78 is 0. The molecular formula is C26H42O4. The number of carbonyl (C=O) groups excluding carboxylic acids is 1. The number of Topliss-reactive ketones (excluding diaryl/α,β-unsaturated/α-hetero) is 1. The summed E-state index contributed by atoms with van der Waals surface area (Å²) in [6.07, 6.45) is 9.01. The van der Waals surface area contributed by atoms with Gasteiger partial charge in [0.15, 0.2) is 0 Å². The molecular weight excluding hydrogens is 376 g/mol. The number of aliphatic hydroxyl groups excluding tert-OH is 1. The van der Waals surface area contributed by atoms with Crippen molar-refractivity contribution in [3.05, 3.63) is 0 Å². The second kappa shape index (κ2) is 7.90. The van der Waals surface area contributed by atoms with Gasteiger partial charge >= 0.3 is 5.97 Å². The van der Waals surface area contributed by atoms with Gasteiger partial charge in [-0.25, -0.2) is 0 Å². The SMILES string of the molecule is CC[C@@H]1C(=O)C2C(CC[C@@]3(C)C2CC[C@@H]3[C@H](C)CCC(=O)O)[C@@]2(C)CC[C@@H](O)CC12. The molecule has 0 spiro atoms. The van der Waals surface area contributed by atoms with Crippen LogP contribution in [0.5, 0.6) is 0 Å². The Hall–Kier alpha value is -0.900. The van der Waals surface area contributed by atoms with E-state index < -0.39 is 5.97 Å². The number of carboxylic acids is 1. The molecule has 4 unspecified atom stereocenters. The Balaban J connectivity index is 1.62. The number of aliphatic hydroxyl groups is 1. The van der Waals surface area contributed by atoms with E-state index in [9.17, 15) is 14.7 Å². The average molecular weight is 419 g/mol. The molecule has 4 nitrogen and oxygen atoms in total. The predicted molar refractivity (Wildman–Crippen MR) is 117 cm³/mol. The van der Waals surface area contributed by atoms with Crippen LogP contribution in [0.15, 0.2) is 0 Å². The Morgan fingerprint density at radius 1 is 1.07 bits per heavy atom. The number of fused-ring (bicyclic) bond motifs is 5. The summed E-state index contributed by atoms with van der Waals surface area (Å²) >= 11 is 0. The van der Waals surface area contributed by atoms with Crippen molar-refractivity contribution < 1.29 is 19.8 Å². The van der Waals surface area contributed by atoms with Crippen LogP contribution in [0.25, 0.3) is 0 Å². The Bertz CT molecular complexity index is 689. The molecule has 0 aromatic heterocycles. The van der Waals surface area contributed by atoms with Crippen molar-refractivity contribution >= 4 is 11.8 Å². The fourth-order valence-electron chi connectivity index (χ4n) is 9.16. The summed E-state index contributed by atoms with van der Waals surface area (Å²) in [7, 11) is 0. The number of carboxylic acid groups (broad SMARTS) is 1. The standard InChI is InChI=1S/C26H42O4/c1-5-17-21-14-16(27)10-12-26(21,4)20-11-13-25(3)18(15(2)6-9-22(28)29)7-8-19(25)23(20)24(17)30/h15-21,23,27H,5-14H2,1-4H3,(H,28,29)/t15-,16-,17+,18-,19?,20?,21?,23?,25-,26-/m1/s1. The summed E-state index contributed by atoms with van der Waals surface area (Å²) in [4.78, 5) is 25.0. The van der Waals surface area contributed by atoms with Gasteiger partial charge in [0.2, 0.25) is 0 Å². The van der Waals surface area contributed by atoms with Crippen LogP contribution < -0.4 is 0 Å². The Morgan fingerprint density at radius 2 is 1.73 bits per heavy atom. The molecule has 4 heteroatoms. The van der Waals surface area contributed by atoms with Gasteiger partial charge in [0.05, 0.1) is 6.10 Å². The maximum absolute atomic E-state index is 13.9. The lowest BCUT2D eigenvalue weighted by Gasteiger charge is -2.62. The fourth-order valence-corrected chi connectivity index (χ4v) is 9.16. The quantitative estimate of drug-likeness (QED) is 0.633. The van der Waals surface area contributed by atoms with Crippen molar-refractivity contribution in [1.82, 2.24) is 0 Å². The van der Waals surface area contributed by atoms with E-state index in [1.165, 1.54) is 6.42 Å². The third-order valence-electron chi connectivity index (χ3n) is 10.7. The molecule has 2 N–H and O–H groups in total. The number of carbonyl (C=O) groups is 2. The molecule has 0 bridgehead atoms. The number of aliphatic carboxylic acids is 1. The van der Waals surface area contributed by atoms with E-state index in [2.05, 4.69) is 27.7 Å². The molecule has 4 fully saturated rings. The molecule has 0 saturated heterocycles. The highest BCUT2D eigenvalue weighted by Gasteiger charge is 2.65. The van der Waals surface area contributed by atoms with E-state index in [-0.39, 0.29) is 35.2 Å². The molecule has 0 aliphatic heterocycles. The van der Waals surface area contributed by atoms with Gasteiger partial charge in [0.25, 0.3) is 0 Å². The maximum Gasteiger partial charge on any atom is 0.303 e. The first kappa shape index (κ1) is 22.3. The first-order valence-electron chi connectivity index (χ1n) is 12.6. The Morgan fingerprint density at radius 3 is 2.40 bits per heavy atom. The van der Waals surface area contributed by atoms with Crippen molar-refractivity contribution in [3.63, 3.8) is 0 Å². The smallest absolute Gasteiger partial charge is 0.303 e. The zero-order chi connectivity index (χ0) is 21.8. The van der Waals surface area contributed by atoms with Crippen molar-refractivity contribution in [2.24, 2.45) is 52.3 Å². The van der Waals surface area contributed by atoms with Gasteiger partial charge in [-0.3, -0.25) is 9.59 Å². The van der Waals surface area contributed by atoms with Gasteiger partial charge in [-0.05, 0) is 98.2 Å². The van der Waals surface area contributed by atoms with Gasteiger partial charge in [-0.1, -0.05) is 27.7 Å². The predicted octanol–water partition coefficient (Wildman–Crippen LogP) is 5.32. The summed E-state index contributed by atoms with van der Waals surface area (Å²) in [6.45, 7) is 9.28. The Kier molecular flexibility index (Phi) is 5.87. The highest BCUT2D eigenvalue weighted by atomic mass is 16.4. The lowest BCUT2D eigenvalue weighted by atomic mass is 9.42. The molecule has 170 valence electrons. The van der Waals surface area contributed by atoms with E-state index in [1.54, 1.807) is 0 Å². The third-order valence-corrected chi connectivity index (χ3v) is 10.7. The van der Waals surface area contributed by atoms with E-state index in [4.69, 9.17) is 5.11 Å². The van der Waals surface area contributed by atoms with Crippen molar-refractivity contribution in [1.29, 1.82) is 0 Å². The number of ketones is 1. The summed E-state index contributed by atoms with van der Waals surface area (Å²) in [5.74, 6) is 2.31. The highest BCUT2D eigenvalue weighted by molar-refractivity contribution is 5.86. The molecule has 4 aliphatic rings. The van der Waals surface area contributed by atoms with Gasteiger partial charge in [-0.2, -0.15) is 0 Å². The monoisotopic (exact) mass is 418 g/mol. The van der Waals surface area contributed by atoms with Crippen LogP contribution in [0.3, 0.4) is 0 Å². The van der Waals surface area contributed by atoms with Crippen LogP contribution in [0, 0.1) is 52.3 Å². The van der Waals surface area contributed by atoms with Crippen LogP contribution in [-0.4, -0.2) is 28.1 Å². The van der Waals surface area contributed by atoms with Crippen molar-refractivity contribution in [3.8, 4) is 0 Å². The normalized spacial score (nSPS) is 49.1. The van der Waals surface area contributed by atoms with Gasteiger partial charge in [-0.15, -0.1) is 0 Å². The Labute approximate surface area is 182 Å². The van der Waals surface area contributed by atoms with Gasteiger partial charge < -0.3 is 10.2 Å². The zero-order valence-corrected chi connectivity index (χ0v) is 19.4. The molecule has 0 aromatic rings. The van der Waals surface area contributed by atoms with E-state index in [0.717, 1.165) is 51.4 Å². The first-order chi connectivity index (χ1) is 14.1. The number of rotatable bonds is 5. The van der Waals surface area contributed by atoms with E-state index in [0.29, 0.717) is 35.4 Å². The summed E-state index contributed by atoms with van der Waals surface area (Å²) in [6, 6.07) is 0. The van der Waals surface area contributed by atoms with Crippen LogP contribution in [0.2, 0.25) is 0 Å². The first-order valence-corrected chi connectivity index (χ1v) is 12.6. The third kappa shape index (κ3) is 3.27. The lowest BCUT2D eigenvalue weighted by molar-refractivity contribution is -0.173. The van der Waals surface area contributed by atoms with Crippen LogP contribution >= 0.6 is 0 Å². The summed E-state index contributed by atoms with van der Waals surface area (Å²) in [5.41, 5.74) is 0.358. The van der Waals surface area contributed by atoms with Crippen molar-refractivity contribution in [2.45, 2.75) is 98.0 Å². The molecule has 0 heterocycles. The molecule has 30 heavy (non-hydrogen) atoms. The van der Waals surface area contributed by atoms with Gasteiger partial charge in [0, 0.05) is 18.3 Å². The minimum atomic E-state index is -0.697. The number of hydrogen-bond donors (Lipinski definition) is 2. The zero-order valence-electron chi connectivity index (χ0n) is 19.4. The van der Waals surface area contributed by atoms with Gasteiger partial charge in [0.1, 0.15) is 5.78 Å². The topological polar surface area (TPSA) is 74.6 Å². The molecule has 0 aromatic carbocycles. The molecule has 4 saturated carbocycles. The lowest BCUT2D eigenvalue weighted by Crippen LogP contribution is -2.60. The highest BCUT2D eigenvalue weighted by Crippen LogP contribution is 2.68. The fraction of sp³-hybridized carbons (Fsp3) is 0.923. The van der Waals surface area contributed by atoms with Crippen LogP contribution in [-0.2, 0) is 9.59 Å². The molecule has 0 radical (unpaired) electrons. The second-order valence-corrected chi connectivity index (χ2v) is 11.8. The average Bonchev–Trinajstić information content (AvgIpc) is 3.05. The van der Waals surface area contributed by atoms with Crippen LogP contribution in [0.4, 0.5) is 0 Å². The molecule has 0 amide bonds. The largest absolute Gasteiger partial charge is 0.481 e. The minimum Gasteiger partial charge on any atom is -0.481 e.